The Morgan fingerprint density at radius 2 is 1.39 bits per heavy atom. The van der Waals surface area contributed by atoms with Crippen LogP contribution in [0, 0.1) is 0 Å². The molecule has 0 bridgehead atoms. The predicted molar refractivity (Wildman–Crippen MR) is 128 cm³/mol. The molecule has 0 saturated carbocycles. The van der Waals surface area contributed by atoms with Crippen LogP contribution in [0.1, 0.15) is 50.2 Å². The molecular weight excluding hydrogens is 406 g/mol. The second-order valence-electron chi connectivity index (χ2n) is 8.22. The van der Waals surface area contributed by atoms with Gasteiger partial charge in [0, 0.05) is 17.5 Å². The van der Waals surface area contributed by atoms with Crippen molar-refractivity contribution in [3.8, 4) is 5.75 Å². The summed E-state index contributed by atoms with van der Waals surface area (Å²) in [7, 11) is 0. The maximum absolute atomic E-state index is 13.1. The average Bonchev–Trinajstić information content (AvgIpc) is 2.79. The van der Waals surface area contributed by atoms with Crippen LogP contribution in [0.25, 0.3) is 0 Å². The van der Waals surface area contributed by atoms with E-state index in [1.54, 1.807) is 38.1 Å². The molecular formula is C27H30ClNO2. The van der Waals surface area contributed by atoms with Crippen molar-refractivity contribution in [3.63, 3.8) is 0 Å². The number of benzene rings is 3. The lowest BCUT2D eigenvalue weighted by Gasteiger charge is -2.30. The van der Waals surface area contributed by atoms with E-state index in [1.807, 2.05) is 12.1 Å². The molecule has 162 valence electrons. The van der Waals surface area contributed by atoms with Gasteiger partial charge in [0.15, 0.2) is 5.60 Å². The number of carbonyl (C=O) groups excluding carboxylic acids is 1. The van der Waals surface area contributed by atoms with E-state index >= 15 is 0 Å². The summed E-state index contributed by atoms with van der Waals surface area (Å²) in [4.78, 5) is 13.1. The largest absolute Gasteiger partial charge is 0.478 e. The van der Waals surface area contributed by atoms with Crippen molar-refractivity contribution in [3.05, 3.63) is 101 Å². The number of rotatable bonds is 9. The van der Waals surface area contributed by atoms with Crippen molar-refractivity contribution in [1.29, 1.82) is 0 Å². The van der Waals surface area contributed by atoms with Crippen molar-refractivity contribution < 1.29 is 9.53 Å². The first kappa shape index (κ1) is 22.9. The number of ether oxygens (including phenoxy) is 1. The molecule has 3 aromatic rings. The zero-order valence-electron chi connectivity index (χ0n) is 18.3. The highest BCUT2D eigenvalue weighted by Crippen LogP contribution is 2.35. The van der Waals surface area contributed by atoms with Gasteiger partial charge in [0.2, 0.25) is 0 Å². The van der Waals surface area contributed by atoms with Gasteiger partial charge in [-0.2, -0.15) is 0 Å². The minimum absolute atomic E-state index is 0.147. The zero-order chi connectivity index (χ0) is 22.3. The predicted octanol–water partition coefficient (Wildman–Crippen LogP) is 6.59. The van der Waals surface area contributed by atoms with Crippen LogP contribution in [0.5, 0.6) is 5.75 Å². The van der Waals surface area contributed by atoms with E-state index in [-0.39, 0.29) is 11.8 Å². The number of hydrogen-bond donors (Lipinski definition) is 1. The molecule has 2 atom stereocenters. The van der Waals surface area contributed by atoms with Crippen LogP contribution >= 0.6 is 11.6 Å². The fourth-order valence-corrected chi connectivity index (χ4v) is 4.03. The molecule has 1 N–H and O–H groups in total. The van der Waals surface area contributed by atoms with Gasteiger partial charge in [0.1, 0.15) is 5.75 Å². The van der Waals surface area contributed by atoms with Crippen molar-refractivity contribution >= 4 is 17.5 Å². The van der Waals surface area contributed by atoms with Gasteiger partial charge in [-0.25, -0.2) is 0 Å². The molecule has 3 aromatic carbocycles. The molecule has 0 aliphatic rings. The summed E-state index contributed by atoms with van der Waals surface area (Å²) >= 11 is 5.95. The summed E-state index contributed by atoms with van der Waals surface area (Å²) in [5.41, 5.74) is 1.49. The normalized spacial score (nSPS) is 13.3. The van der Waals surface area contributed by atoms with Crippen molar-refractivity contribution in [2.75, 3.05) is 6.54 Å². The maximum Gasteiger partial charge on any atom is 0.263 e. The summed E-state index contributed by atoms with van der Waals surface area (Å²) in [5, 5.41) is 3.78. The standard InChI is InChI=1S/C27H30ClNO2/c1-4-24(20-11-7-5-8-12-20)25(21-13-9-6-10-14-21)19-29-26(30)27(2,3)31-23-17-15-22(28)16-18-23/h5-18,24-25H,4,19H2,1-3H3,(H,29,30). The quantitative estimate of drug-likeness (QED) is 0.411. The molecule has 0 spiro atoms. The molecule has 4 heteroatoms. The average molecular weight is 436 g/mol. The lowest BCUT2D eigenvalue weighted by atomic mass is 9.79. The van der Waals surface area contributed by atoms with Crippen LogP contribution in [0.15, 0.2) is 84.9 Å². The highest BCUT2D eigenvalue weighted by atomic mass is 35.5. The Morgan fingerprint density at radius 1 is 0.871 bits per heavy atom. The minimum Gasteiger partial charge on any atom is -0.478 e. The van der Waals surface area contributed by atoms with Gasteiger partial charge in [-0.15, -0.1) is 0 Å². The van der Waals surface area contributed by atoms with Crippen LogP contribution in [-0.4, -0.2) is 18.1 Å². The van der Waals surface area contributed by atoms with Crippen molar-refractivity contribution in [1.82, 2.24) is 5.32 Å². The molecule has 0 fully saturated rings. The highest BCUT2D eigenvalue weighted by molar-refractivity contribution is 6.30. The fourth-order valence-electron chi connectivity index (χ4n) is 3.90. The van der Waals surface area contributed by atoms with Crippen LogP contribution in [-0.2, 0) is 4.79 Å². The van der Waals surface area contributed by atoms with Crippen LogP contribution in [0.2, 0.25) is 5.02 Å². The Balaban J connectivity index is 1.76. The van der Waals surface area contributed by atoms with E-state index in [4.69, 9.17) is 16.3 Å². The number of nitrogens with one attached hydrogen (secondary N) is 1. The number of halogens is 1. The Labute approximate surface area is 190 Å². The van der Waals surface area contributed by atoms with E-state index in [0.717, 1.165) is 6.42 Å². The molecule has 0 saturated heterocycles. The van der Waals surface area contributed by atoms with Crippen molar-refractivity contribution in [2.24, 2.45) is 0 Å². The molecule has 3 nitrogen and oxygen atoms in total. The summed E-state index contributed by atoms with van der Waals surface area (Å²) in [6, 6.07) is 27.9. The third-order valence-electron chi connectivity index (χ3n) is 5.60. The Kier molecular flexibility index (Phi) is 7.75. The van der Waals surface area contributed by atoms with E-state index in [1.165, 1.54) is 11.1 Å². The molecule has 0 aliphatic heterocycles. The molecule has 0 heterocycles. The van der Waals surface area contributed by atoms with E-state index in [2.05, 4.69) is 60.8 Å². The molecule has 0 aromatic heterocycles. The van der Waals surface area contributed by atoms with Gasteiger partial charge in [0.05, 0.1) is 0 Å². The maximum atomic E-state index is 13.1. The van der Waals surface area contributed by atoms with E-state index in [9.17, 15) is 4.79 Å². The first-order chi connectivity index (χ1) is 14.9. The second-order valence-corrected chi connectivity index (χ2v) is 8.66. The van der Waals surface area contributed by atoms with Crippen LogP contribution in [0.4, 0.5) is 0 Å². The Morgan fingerprint density at radius 3 is 1.90 bits per heavy atom. The molecule has 2 unspecified atom stereocenters. The highest BCUT2D eigenvalue weighted by Gasteiger charge is 2.32. The summed E-state index contributed by atoms with van der Waals surface area (Å²) in [6.07, 6.45) is 0.976. The molecule has 0 aliphatic carbocycles. The minimum atomic E-state index is -1.01. The Bertz CT molecular complexity index is 956. The molecule has 0 radical (unpaired) electrons. The lowest BCUT2D eigenvalue weighted by Crippen LogP contribution is -2.48. The van der Waals surface area contributed by atoms with Crippen LogP contribution < -0.4 is 10.1 Å². The van der Waals surface area contributed by atoms with Crippen LogP contribution in [0.3, 0.4) is 0 Å². The first-order valence-corrected chi connectivity index (χ1v) is 11.1. The molecule has 3 rings (SSSR count). The summed E-state index contributed by atoms with van der Waals surface area (Å²) < 4.78 is 5.96. The van der Waals surface area contributed by atoms with E-state index in [0.29, 0.717) is 23.2 Å². The second kappa shape index (κ2) is 10.5. The molecule has 1 amide bonds. The van der Waals surface area contributed by atoms with Gasteiger partial charge in [0.25, 0.3) is 5.91 Å². The number of carbonyl (C=O) groups is 1. The van der Waals surface area contributed by atoms with Gasteiger partial charge in [-0.1, -0.05) is 79.2 Å². The summed E-state index contributed by atoms with van der Waals surface area (Å²) in [5.74, 6) is 0.916. The SMILES string of the molecule is CCC(c1ccccc1)C(CNC(=O)C(C)(C)Oc1ccc(Cl)cc1)c1ccccc1. The number of hydrogen-bond acceptors (Lipinski definition) is 2. The lowest BCUT2D eigenvalue weighted by molar-refractivity contribution is -0.134. The van der Waals surface area contributed by atoms with Gasteiger partial charge >= 0.3 is 0 Å². The van der Waals surface area contributed by atoms with Gasteiger partial charge in [-0.05, 0) is 61.6 Å². The molecule has 31 heavy (non-hydrogen) atoms. The third kappa shape index (κ3) is 6.11. The van der Waals surface area contributed by atoms with E-state index < -0.39 is 5.60 Å². The third-order valence-corrected chi connectivity index (χ3v) is 5.85. The number of amides is 1. The first-order valence-electron chi connectivity index (χ1n) is 10.7. The monoisotopic (exact) mass is 435 g/mol. The van der Waals surface area contributed by atoms with Crippen molar-refractivity contribution in [2.45, 2.75) is 44.6 Å². The Hall–Kier alpha value is -2.78. The smallest absolute Gasteiger partial charge is 0.263 e. The van der Waals surface area contributed by atoms with Gasteiger partial charge in [-0.3, -0.25) is 4.79 Å². The zero-order valence-corrected chi connectivity index (χ0v) is 19.1. The fraction of sp³-hybridized carbons (Fsp3) is 0.296. The topological polar surface area (TPSA) is 38.3 Å². The van der Waals surface area contributed by atoms with Gasteiger partial charge < -0.3 is 10.1 Å². The summed E-state index contributed by atoms with van der Waals surface area (Å²) in [6.45, 7) is 6.29.